The Morgan fingerprint density at radius 3 is 2.84 bits per heavy atom. The highest BCUT2D eigenvalue weighted by atomic mass is 79.9. The van der Waals surface area contributed by atoms with Gasteiger partial charge in [-0.2, -0.15) is 0 Å². The number of benzene rings is 1. The van der Waals surface area contributed by atoms with Crippen LogP contribution in [0.2, 0.25) is 5.02 Å². The van der Waals surface area contributed by atoms with E-state index < -0.39 is 5.82 Å². The molecule has 1 fully saturated rings. The average molecular weight is 354 g/mol. The zero-order valence-electron chi connectivity index (χ0n) is 10.4. The molecule has 1 aromatic rings. The van der Waals surface area contributed by atoms with E-state index in [1.165, 1.54) is 12.1 Å². The van der Waals surface area contributed by atoms with E-state index in [4.69, 9.17) is 25.8 Å². The number of alkyl halides is 1. The molecule has 1 saturated carbocycles. The number of methoxy groups -OCH3 is 1. The summed E-state index contributed by atoms with van der Waals surface area (Å²) in [4.78, 5) is 0.256. The number of rotatable bonds is 6. The van der Waals surface area contributed by atoms with Crippen molar-refractivity contribution in [3.8, 4) is 5.75 Å². The lowest BCUT2D eigenvalue weighted by Crippen LogP contribution is -2.52. The molecule has 6 heteroatoms. The molecule has 1 aliphatic carbocycles. The normalized spacial score (nSPS) is 26.0. The second kappa shape index (κ2) is 6.88. The summed E-state index contributed by atoms with van der Waals surface area (Å²) in [6.45, 7) is 1.05. The van der Waals surface area contributed by atoms with Gasteiger partial charge in [0, 0.05) is 24.4 Å². The van der Waals surface area contributed by atoms with E-state index in [1.54, 1.807) is 13.2 Å². The van der Waals surface area contributed by atoms with E-state index in [9.17, 15) is 4.39 Å². The summed E-state index contributed by atoms with van der Waals surface area (Å²) >= 11 is 9.14. The van der Waals surface area contributed by atoms with Gasteiger partial charge in [0.05, 0.1) is 18.2 Å². The molecule has 0 radical (unpaired) electrons. The summed E-state index contributed by atoms with van der Waals surface area (Å²) in [6.07, 6.45) is 0.692. The van der Waals surface area contributed by atoms with E-state index in [0.29, 0.717) is 19.0 Å². The van der Waals surface area contributed by atoms with Gasteiger partial charge in [-0.05, 0) is 12.1 Å². The first-order chi connectivity index (χ1) is 9.11. The van der Waals surface area contributed by atoms with Crippen molar-refractivity contribution in [1.82, 2.24) is 0 Å². The number of halogens is 3. The summed E-state index contributed by atoms with van der Waals surface area (Å²) < 4.78 is 29.6. The quantitative estimate of drug-likeness (QED) is 0.579. The summed E-state index contributed by atoms with van der Waals surface area (Å²) in [5, 5.41) is 0.0900. The molecular weight excluding hydrogens is 338 g/mol. The minimum atomic E-state index is -0.481. The highest BCUT2D eigenvalue weighted by Crippen LogP contribution is 2.34. The van der Waals surface area contributed by atoms with Crippen LogP contribution in [-0.4, -0.2) is 37.4 Å². The first-order valence-corrected chi connectivity index (χ1v) is 7.27. The van der Waals surface area contributed by atoms with E-state index in [2.05, 4.69) is 15.9 Å². The van der Waals surface area contributed by atoms with Crippen molar-refractivity contribution in [2.75, 3.05) is 20.3 Å². The van der Waals surface area contributed by atoms with Crippen molar-refractivity contribution in [3.05, 3.63) is 29.0 Å². The Morgan fingerprint density at radius 2 is 2.21 bits per heavy atom. The topological polar surface area (TPSA) is 27.7 Å². The Bertz CT molecular complexity index is 432. The smallest absolute Gasteiger partial charge is 0.145 e. The van der Waals surface area contributed by atoms with Gasteiger partial charge in [-0.3, -0.25) is 0 Å². The second-order valence-corrected chi connectivity index (χ2v) is 5.90. The monoisotopic (exact) mass is 352 g/mol. The van der Waals surface area contributed by atoms with Crippen molar-refractivity contribution in [3.63, 3.8) is 0 Å². The van der Waals surface area contributed by atoms with Gasteiger partial charge >= 0.3 is 0 Å². The molecule has 19 heavy (non-hydrogen) atoms. The molecule has 0 N–H and O–H groups in total. The molecule has 0 amide bonds. The lowest BCUT2D eigenvalue weighted by atomic mass is 9.91. The van der Waals surface area contributed by atoms with Crippen molar-refractivity contribution >= 4 is 27.5 Å². The van der Waals surface area contributed by atoms with Crippen LogP contribution in [0.15, 0.2) is 18.2 Å². The van der Waals surface area contributed by atoms with Gasteiger partial charge in [-0.15, -0.1) is 0 Å². The van der Waals surface area contributed by atoms with Gasteiger partial charge < -0.3 is 14.2 Å². The number of hydrogen-bond acceptors (Lipinski definition) is 3. The van der Waals surface area contributed by atoms with Crippen LogP contribution in [0.4, 0.5) is 4.39 Å². The fourth-order valence-corrected chi connectivity index (χ4v) is 2.83. The maximum Gasteiger partial charge on any atom is 0.145 e. The number of hydrogen-bond donors (Lipinski definition) is 0. The van der Waals surface area contributed by atoms with Crippen molar-refractivity contribution in [2.45, 2.75) is 23.5 Å². The van der Waals surface area contributed by atoms with Crippen LogP contribution < -0.4 is 4.74 Å². The standard InChI is InChI=1S/C13H15BrClFO3/c1-17-4-5-18-13-9(14)7-12(13)19-8-2-3-10(15)11(16)6-8/h2-3,6,9,12-13H,4-5,7H2,1H3. The summed E-state index contributed by atoms with van der Waals surface area (Å²) in [5.74, 6) is -0.0163. The molecule has 0 bridgehead atoms. The molecular formula is C13H15BrClFO3. The van der Waals surface area contributed by atoms with E-state index in [-0.39, 0.29) is 22.1 Å². The maximum atomic E-state index is 13.3. The van der Waals surface area contributed by atoms with E-state index in [1.807, 2.05) is 0 Å². The van der Waals surface area contributed by atoms with Gasteiger partial charge in [0.1, 0.15) is 23.8 Å². The molecule has 3 unspecified atom stereocenters. The van der Waals surface area contributed by atoms with Crippen LogP contribution in [0, 0.1) is 5.82 Å². The Balaban J connectivity index is 1.89. The molecule has 0 saturated heterocycles. The van der Waals surface area contributed by atoms with Crippen LogP contribution in [0.25, 0.3) is 0 Å². The lowest BCUT2D eigenvalue weighted by Gasteiger charge is -2.40. The lowest BCUT2D eigenvalue weighted by molar-refractivity contribution is -0.0866. The van der Waals surface area contributed by atoms with Crippen molar-refractivity contribution < 1.29 is 18.6 Å². The Morgan fingerprint density at radius 1 is 1.42 bits per heavy atom. The molecule has 1 aromatic carbocycles. The first kappa shape index (κ1) is 15.0. The fraction of sp³-hybridized carbons (Fsp3) is 0.538. The third-order valence-corrected chi connectivity index (χ3v) is 4.16. The van der Waals surface area contributed by atoms with E-state index >= 15 is 0 Å². The fourth-order valence-electron chi connectivity index (χ4n) is 1.85. The van der Waals surface area contributed by atoms with Crippen LogP contribution in [0.5, 0.6) is 5.75 Å². The van der Waals surface area contributed by atoms with Crippen LogP contribution in [0.1, 0.15) is 6.42 Å². The molecule has 3 nitrogen and oxygen atoms in total. The van der Waals surface area contributed by atoms with Crippen molar-refractivity contribution in [1.29, 1.82) is 0 Å². The number of ether oxygens (including phenoxy) is 3. The van der Waals surface area contributed by atoms with Gasteiger partial charge in [0.2, 0.25) is 0 Å². The minimum absolute atomic E-state index is 0.0473. The molecule has 0 aliphatic heterocycles. The SMILES string of the molecule is COCCOC1C(Br)CC1Oc1ccc(Cl)c(F)c1. The highest BCUT2D eigenvalue weighted by Gasteiger charge is 2.42. The van der Waals surface area contributed by atoms with Gasteiger partial charge in [-0.25, -0.2) is 4.39 Å². The van der Waals surface area contributed by atoms with Crippen LogP contribution in [0.3, 0.4) is 0 Å². The third-order valence-electron chi connectivity index (χ3n) is 2.96. The molecule has 0 spiro atoms. The molecule has 3 atom stereocenters. The summed E-state index contributed by atoms with van der Waals surface area (Å²) in [6, 6.07) is 4.42. The summed E-state index contributed by atoms with van der Waals surface area (Å²) in [7, 11) is 1.63. The molecule has 1 aliphatic rings. The zero-order valence-corrected chi connectivity index (χ0v) is 12.8. The van der Waals surface area contributed by atoms with Gasteiger partial charge in [-0.1, -0.05) is 27.5 Å². The highest BCUT2D eigenvalue weighted by molar-refractivity contribution is 9.09. The molecule has 0 aromatic heterocycles. The Labute approximate surface area is 125 Å². The van der Waals surface area contributed by atoms with Gasteiger partial charge in [0.15, 0.2) is 0 Å². The third kappa shape index (κ3) is 3.81. The predicted molar refractivity (Wildman–Crippen MR) is 74.8 cm³/mol. The van der Waals surface area contributed by atoms with E-state index in [0.717, 1.165) is 6.42 Å². The largest absolute Gasteiger partial charge is 0.488 e. The Hall–Kier alpha value is -0.360. The molecule has 106 valence electrons. The maximum absolute atomic E-state index is 13.3. The molecule has 2 rings (SSSR count). The average Bonchev–Trinajstić information content (AvgIpc) is 2.38. The molecule has 0 heterocycles. The van der Waals surface area contributed by atoms with Crippen molar-refractivity contribution in [2.24, 2.45) is 0 Å². The van der Waals surface area contributed by atoms with Gasteiger partial charge in [0.25, 0.3) is 0 Å². The predicted octanol–water partition coefficient (Wildman–Crippen LogP) is 3.43. The van der Waals surface area contributed by atoms with Crippen LogP contribution >= 0.6 is 27.5 Å². The second-order valence-electron chi connectivity index (χ2n) is 4.31. The van der Waals surface area contributed by atoms with Crippen LogP contribution in [-0.2, 0) is 9.47 Å². The summed E-state index contributed by atoms with van der Waals surface area (Å²) in [5.41, 5.74) is 0. The first-order valence-electron chi connectivity index (χ1n) is 5.98. The Kier molecular flexibility index (Phi) is 5.45. The minimum Gasteiger partial charge on any atom is -0.488 e. The zero-order chi connectivity index (χ0) is 13.8.